The summed E-state index contributed by atoms with van der Waals surface area (Å²) in [5.74, 6) is 2.93. The Kier molecular flexibility index (Phi) is 5.99. The van der Waals surface area contributed by atoms with Crippen LogP contribution in [0.1, 0.15) is 27.3 Å². The molecule has 1 aromatic carbocycles. The Bertz CT molecular complexity index is 1140. The standard InChI is InChI=1S/C23H25N3O2Si/c1-18-14-21(24-26(18)16-19-8-6-5-7-9-19)22(27)17-25-15-20(10-11-23(25)28)12-13-29(2,3)4/h5-11,14-15H,16-17H2,1-4H3. The number of rotatable bonds is 5. The summed E-state index contributed by atoms with van der Waals surface area (Å²) in [4.78, 5) is 24.9. The third-order valence-electron chi connectivity index (χ3n) is 4.32. The number of carbonyl (C=O) groups is 1. The third kappa shape index (κ3) is 5.66. The van der Waals surface area contributed by atoms with E-state index in [1.807, 2.05) is 37.3 Å². The number of aryl methyl sites for hydroxylation is 1. The molecule has 0 aliphatic heterocycles. The Morgan fingerprint density at radius 2 is 1.83 bits per heavy atom. The first-order valence-corrected chi connectivity index (χ1v) is 13.1. The van der Waals surface area contributed by atoms with Gasteiger partial charge >= 0.3 is 0 Å². The number of Topliss-reactive ketones (excluding diaryl/α,β-unsaturated/α-hetero) is 1. The molecule has 0 amide bonds. The van der Waals surface area contributed by atoms with Crippen molar-refractivity contribution in [2.75, 3.05) is 0 Å². The molecule has 0 saturated heterocycles. The number of hydrogen-bond acceptors (Lipinski definition) is 3. The fraction of sp³-hybridized carbons (Fsp3) is 0.261. The second kappa shape index (κ2) is 8.46. The van der Waals surface area contributed by atoms with Crippen LogP contribution in [0, 0.1) is 18.4 Å². The predicted octanol–water partition coefficient (Wildman–Crippen LogP) is 3.51. The first kappa shape index (κ1) is 20.6. The van der Waals surface area contributed by atoms with Gasteiger partial charge in [0.05, 0.1) is 13.1 Å². The first-order chi connectivity index (χ1) is 13.7. The average Bonchev–Trinajstić information content (AvgIpc) is 3.03. The highest BCUT2D eigenvalue weighted by molar-refractivity contribution is 6.83. The van der Waals surface area contributed by atoms with Crippen molar-refractivity contribution < 1.29 is 4.79 Å². The Labute approximate surface area is 172 Å². The molecule has 6 heteroatoms. The Morgan fingerprint density at radius 3 is 2.52 bits per heavy atom. The highest BCUT2D eigenvalue weighted by Gasteiger charge is 2.14. The van der Waals surface area contributed by atoms with Crippen molar-refractivity contribution in [1.29, 1.82) is 0 Å². The van der Waals surface area contributed by atoms with Gasteiger partial charge in [0.1, 0.15) is 13.8 Å². The van der Waals surface area contributed by atoms with Crippen LogP contribution in [0.15, 0.2) is 59.5 Å². The lowest BCUT2D eigenvalue weighted by molar-refractivity contribution is 0.0965. The number of benzene rings is 1. The predicted molar refractivity (Wildman–Crippen MR) is 118 cm³/mol. The third-order valence-corrected chi connectivity index (χ3v) is 5.20. The van der Waals surface area contributed by atoms with Gasteiger partial charge in [0.25, 0.3) is 5.56 Å². The molecule has 0 aliphatic rings. The fourth-order valence-electron chi connectivity index (χ4n) is 2.79. The molecular formula is C23H25N3O2Si. The van der Waals surface area contributed by atoms with E-state index in [9.17, 15) is 9.59 Å². The van der Waals surface area contributed by atoms with Gasteiger partial charge < -0.3 is 4.57 Å². The summed E-state index contributed by atoms with van der Waals surface area (Å²) in [6.45, 7) is 8.95. The van der Waals surface area contributed by atoms with Crippen LogP contribution < -0.4 is 5.56 Å². The van der Waals surface area contributed by atoms with Crippen molar-refractivity contribution in [3.8, 4) is 11.5 Å². The molecule has 3 rings (SSSR count). The van der Waals surface area contributed by atoms with Crippen LogP contribution in [0.5, 0.6) is 0 Å². The number of ketones is 1. The van der Waals surface area contributed by atoms with Crippen molar-refractivity contribution in [1.82, 2.24) is 14.3 Å². The molecule has 2 heterocycles. The minimum absolute atomic E-state index is 0.0525. The maximum atomic E-state index is 12.7. The van der Waals surface area contributed by atoms with Gasteiger partial charge in [0.2, 0.25) is 5.78 Å². The summed E-state index contributed by atoms with van der Waals surface area (Å²) < 4.78 is 3.21. The largest absolute Gasteiger partial charge is 0.306 e. The smallest absolute Gasteiger partial charge is 0.251 e. The molecule has 5 nitrogen and oxygen atoms in total. The summed E-state index contributed by atoms with van der Waals surface area (Å²) >= 11 is 0. The molecule has 148 valence electrons. The molecule has 0 atom stereocenters. The maximum Gasteiger partial charge on any atom is 0.251 e. The minimum atomic E-state index is -1.52. The zero-order valence-electron chi connectivity index (χ0n) is 17.3. The van der Waals surface area contributed by atoms with Crippen LogP contribution in [0.3, 0.4) is 0 Å². The lowest BCUT2D eigenvalue weighted by atomic mass is 10.2. The van der Waals surface area contributed by atoms with E-state index < -0.39 is 8.07 Å². The molecule has 0 fully saturated rings. The van der Waals surface area contributed by atoms with Crippen molar-refractivity contribution in [3.05, 3.63) is 87.6 Å². The number of aromatic nitrogens is 3. The highest BCUT2D eigenvalue weighted by atomic mass is 28.3. The van der Waals surface area contributed by atoms with Gasteiger partial charge in [-0.3, -0.25) is 14.3 Å². The zero-order chi connectivity index (χ0) is 21.0. The van der Waals surface area contributed by atoms with Crippen LogP contribution in [0.2, 0.25) is 19.6 Å². The lowest BCUT2D eigenvalue weighted by Crippen LogP contribution is -2.24. The van der Waals surface area contributed by atoms with E-state index >= 15 is 0 Å². The van der Waals surface area contributed by atoms with Gasteiger partial charge in [-0.2, -0.15) is 5.10 Å². The molecule has 0 spiro atoms. The summed E-state index contributed by atoms with van der Waals surface area (Å²) in [6, 6.07) is 14.9. The van der Waals surface area contributed by atoms with Crippen LogP contribution in [-0.2, 0) is 13.1 Å². The fourth-order valence-corrected chi connectivity index (χ4v) is 3.31. The topological polar surface area (TPSA) is 56.9 Å². The van der Waals surface area contributed by atoms with Gasteiger partial charge in [-0.25, -0.2) is 0 Å². The van der Waals surface area contributed by atoms with Crippen molar-refractivity contribution >= 4 is 13.9 Å². The van der Waals surface area contributed by atoms with Crippen LogP contribution in [-0.4, -0.2) is 28.2 Å². The minimum Gasteiger partial charge on any atom is -0.306 e. The molecule has 2 aromatic heterocycles. The molecule has 0 N–H and O–H groups in total. The average molecular weight is 404 g/mol. The van der Waals surface area contributed by atoms with Gasteiger partial charge in [-0.05, 0) is 24.6 Å². The Balaban J connectivity index is 1.79. The van der Waals surface area contributed by atoms with Gasteiger partial charge in [-0.15, -0.1) is 5.54 Å². The summed E-state index contributed by atoms with van der Waals surface area (Å²) in [5.41, 5.74) is 6.17. The first-order valence-electron chi connectivity index (χ1n) is 9.56. The lowest BCUT2D eigenvalue weighted by Gasteiger charge is -2.06. The molecule has 29 heavy (non-hydrogen) atoms. The van der Waals surface area contributed by atoms with E-state index in [1.165, 1.54) is 10.6 Å². The van der Waals surface area contributed by atoms with Gasteiger partial charge in [0, 0.05) is 23.5 Å². The van der Waals surface area contributed by atoms with Crippen molar-refractivity contribution in [2.45, 2.75) is 39.7 Å². The van der Waals surface area contributed by atoms with Crippen LogP contribution >= 0.6 is 0 Å². The number of pyridine rings is 1. The zero-order valence-corrected chi connectivity index (χ0v) is 18.3. The van der Waals surface area contributed by atoms with Crippen molar-refractivity contribution in [2.24, 2.45) is 0 Å². The normalized spacial score (nSPS) is 11.0. The molecule has 0 saturated carbocycles. The second-order valence-corrected chi connectivity index (χ2v) is 12.9. The summed E-state index contributed by atoms with van der Waals surface area (Å²) in [6.07, 6.45) is 1.65. The second-order valence-electron chi connectivity index (χ2n) is 8.12. The monoisotopic (exact) mass is 403 g/mol. The van der Waals surface area contributed by atoms with Crippen LogP contribution in [0.25, 0.3) is 0 Å². The van der Waals surface area contributed by atoms with E-state index in [4.69, 9.17) is 0 Å². The van der Waals surface area contributed by atoms with E-state index in [0.717, 1.165) is 16.8 Å². The van der Waals surface area contributed by atoms with E-state index in [2.05, 4.69) is 36.2 Å². The van der Waals surface area contributed by atoms with Crippen molar-refractivity contribution in [3.63, 3.8) is 0 Å². The quantitative estimate of drug-likeness (QED) is 0.372. The molecule has 3 aromatic rings. The number of nitrogens with zero attached hydrogens (tertiary/aromatic N) is 3. The van der Waals surface area contributed by atoms with Gasteiger partial charge in [0.15, 0.2) is 0 Å². The van der Waals surface area contributed by atoms with E-state index in [-0.39, 0.29) is 17.9 Å². The Hall–Kier alpha value is -3.17. The van der Waals surface area contributed by atoms with E-state index in [1.54, 1.807) is 23.0 Å². The molecular weight excluding hydrogens is 378 g/mol. The maximum absolute atomic E-state index is 12.7. The Morgan fingerprint density at radius 1 is 1.10 bits per heavy atom. The molecule has 0 aliphatic carbocycles. The molecule has 0 unspecified atom stereocenters. The van der Waals surface area contributed by atoms with Gasteiger partial charge in [-0.1, -0.05) is 55.9 Å². The van der Waals surface area contributed by atoms with E-state index in [0.29, 0.717) is 12.2 Å². The summed E-state index contributed by atoms with van der Waals surface area (Å²) in [7, 11) is -1.52. The SMILES string of the molecule is Cc1cc(C(=O)Cn2cc(C#C[Si](C)(C)C)ccc2=O)nn1Cc1ccccc1. The molecule has 0 bridgehead atoms. The highest BCUT2D eigenvalue weighted by Crippen LogP contribution is 2.09. The number of hydrogen-bond donors (Lipinski definition) is 0. The van der Waals surface area contributed by atoms with Crippen LogP contribution in [0.4, 0.5) is 0 Å². The summed E-state index contributed by atoms with van der Waals surface area (Å²) in [5, 5.41) is 4.45. The number of carbonyl (C=O) groups excluding carboxylic acids is 1. The molecule has 0 radical (unpaired) electrons.